The number of fused-ring (bicyclic) bond motifs is 1. The molecule has 3 aromatic rings. The summed E-state index contributed by atoms with van der Waals surface area (Å²) in [6.07, 6.45) is 8.44. The number of pyridine rings is 1. The minimum absolute atomic E-state index is 0.353. The van der Waals surface area contributed by atoms with Gasteiger partial charge in [0.25, 0.3) is 0 Å². The average Bonchev–Trinajstić information content (AvgIpc) is 2.85. The number of aromatic nitrogens is 3. The Morgan fingerprint density at radius 3 is 2.63 bits per heavy atom. The molecule has 2 aliphatic heterocycles. The maximum Gasteiger partial charge on any atom is 0.227 e. The monoisotopic (exact) mass is 492 g/mol. The predicted octanol–water partition coefficient (Wildman–Crippen LogP) is 5.31. The van der Waals surface area contributed by atoms with Gasteiger partial charge in [-0.2, -0.15) is 11.8 Å². The van der Waals surface area contributed by atoms with E-state index < -0.39 is 0 Å². The van der Waals surface area contributed by atoms with Crippen LogP contribution in [0.2, 0.25) is 0 Å². The van der Waals surface area contributed by atoms with Crippen LogP contribution in [0.4, 0.5) is 23.1 Å². The Morgan fingerprint density at radius 1 is 1.11 bits per heavy atom. The fourth-order valence-electron chi connectivity index (χ4n) is 5.16. The van der Waals surface area contributed by atoms with Crippen LogP contribution in [0, 0.1) is 5.92 Å². The van der Waals surface area contributed by atoms with Crippen LogP contribution in [-0.4, -0.2) is 66.4 Å². The lowest BCUT2D eigenvalue weighted by Crippen LogP contribution is -2.48. The van der Waals surface area contributed by atoms with E-state index in [1.807, 2.05) is 30.2 Å². The van der Waals surface area contributed by atoms with Gasteiger partial charge in [0.1, 0.15) is 5.82 Å². The van der Waals surface area contributed by atoms with Gasteiger partial charge in [0.15, 0.2) is 0 Å². The van der Waals surface area contributed by atoms with Gasteiger partial charge in [-0.05, 0) is 48.5 Å². The molecule has 7 nitrogen and oxygen atoms in total. The predicted molar refractivity (Wildman–Crippen MR) is 147 cm³/mol. The summed E-state index contributed by atoms with van der Waals surface area (Å²) in [7, 11) is 1.80. The fraction of sp³-hybridized carbons (Fsp3) is 0.519. The number of hydrogen-bond acceptors (Lipinski definition) is 8. The topological polar surface area (TPSA) is 66.4 Å². The van der Waals surface area contributed by atoms with Crippen LogP contribution >= 0.6 is 11.8 Å². The Morgan fingerprint density at radius 2 is 1.91 bits per heavy atom. The maximum absolute atomic E-state index is 5.51. The van der Waals surface area contributed by atoms with Crippen molar-refractivity contribution in [1.29, 1.82) is 0 Å². The van der Waals surface area contributed by atoms with Crippen molar-refractivity contribution < 1.29 is 4.74 Å². The molecule has 1 aromatic carbocycles. The zero-order chi connectivity index (χ0) is 24.4. The first-order chi connectivity index (χ1) is 17.1. The molecule has 0 aliphatic carbocycles. The molecule has 35 heavy (non-hydrogen) atoms. The number of benzene rings is 1. The summed E-state index contributed by atoms with van der Waals surface area (Å²) in [6, 6.07) is 8.57. The van der Waals surface area contributed by atoms with Crippen LogP contribution in [0.5, 0.6) is 0 Å². The first-order valence-corrected chi connectivity index (χ1v) is 14.0. The van der Waals surface area contributed by atoms with E-state index in [1.165, 1.54) is 17.0 Å². The summed E-state index contributed by atoms with van der Waals surface area (Å²) in [6.45, 7) is 8.58. The van der Waals surface area contributed by atoms with Gasteiger partial charge in [0, 0.05) is 74.4 Å². The third-order valence-electron chi connectivity index (χ3n) is 7.18. The van der Waals surface area contributed by atoms with Gasteiger partial charge in [-0.15, -0.1) is 0 Å². The van der Waals surface area contributed by atoms with Crippen molar-refractivity contribution in [1.82, 2.24) is 15.0 Å². The number of rotatable bonds is 8. The van der Waals surface area contributed by atoms with Crippen molar-refractivity contribution in [3.8, 4) is 0 Å². The quantitative estimate of drug-likeness (QED) is 0.454. The number of methoxy groups -OCH3 is 1. The highest BCUT2D eigenvalue weighted by atomic mass is 32.2. The van der Waals surface area contributed by atoms with E-state index in [1.54, 1.807) is 7.11 Å². The molecule has 0 saturated carbocycles. The molecule has 0 bridgehead atoms. The lowest BCUT2D eigenvalue weighted by atomic mass is 9.96. The van der Waals surface area contributed by atoms with Crippen molar-refractivity contribution in [2.75, 3.05) is 60.4 Å². The molecule has 2 saturated heterocycles. The van der Waals surface area contributed by atoms with Crippen molar-refractivity contribution in [2.45, 2.75) is 38.7 Å². The maximum atomic E-state index is 5.51. The first kappa shape index (κ1) is 24.1. The number of nitrogens with zero attached hydrogens (tertiary/aromatic N) is 5. The molecule has 4 heterocycles. The highest BCUT2D eigenvalue weighted by Gasteiger charge is 2.28. The number of thioether (sulfide) groups is 1. The number of anilines is 4. The Balaban J connectivity index is 1.38. The molecule has 2 aromatic heterocycles. The summed E-state index contributed by atoms with van der Waals surface area (Å²) in [5.74, 6) is 3.98. The first-order valence-electron chi connectivity index (χ1n) is 12.6. The van der Waals surface area contributed by atoms with Gasteiger partial charge in [-0.25, -0.2) is 15.0 Å². The Hall–Kier alpha value is -2.58. The molecule has 2 fully saturated rings. The van der Waals surface area contributed by atoms with Gasteiger partial charge in [0.05, 0.1) is 11.6 Å². The Kier molecular flexibility index (Phi) is 7.29. The van der Waals surface area contributed by atoms with E-state index in [-0.39, 0.29) is 0 Å². The molecular weight excluding hydrogens is 456 g/mol. The van der Waals surface area contributed by atoms with E-state index in [0.717, 1.165) is 67.3 Å². The van der Waals surface area contributed by atoms with Gasteiger partial charge < -0.3 is 19.9 Å². The van der Waals surface area contributed by atoms with E-state index in [0.29, 0.717) is 18.0 Å². The van der Waals surface area contributed by atoms with Crippen LogP contribution < -0.4 is 15.1 Å². The van der Waals surface area contributed by atoms with Crippen molar-refractivity contribution >= 4 is 45.8 Å². The number of ether oxygens (including phenoxy) is 1. The molecule has 1 N–H and O–H groups in total. The van der Waals surface area contributed by atoms with Crippen molar-refractivity contribution in [3.63, 3.8) is 0 Å². The van der Waals surface area contributed by atoms with E-state index in [9.17, 15) is 0 Å². The standard InChI is InChI=1S/C27H36N6OS/c1-18(2)22-5-6-24(33-15-19(16-33)17-35-4)23-14-29-27(31-26(22)23)30-20-7-10-28-25(13-20)32-11-8-21(34-3)9-12-32/h5-7,10,13-14,18-19,21H,8-9,11-12,15-17H2,1-4H3,(H,28,29,30,31). The van der Waals surface area contributed by atoms with Gasteiger partial charge in [-0.1, -0.05) is 19.9 Å². The second-order valence-corrected chi connectivity index (χ2v) is 10.9. The average molecular weight is 493 g/mol. The lowest BCUT2D eigenvalue weighted by molar-refractivity contribution is 0.0818. The van der Waals surface area contributed by atoms with Gasteiger partial charge >= 0.3 is 0 Å². The van der Waals surface area contributed by atoms with Gasteiger partial charge in [-0.3, -0.25) is 0 Å². The Bertz CT molecular complexity index is 1160. The molecule has 0 unspecified atom stereocenters. The summed E-state index contributed by atoms with van der Waals surface area (Å²) in [5.41, 5.74) is 4.50. The number of hydrogen-bond donors (Lipinski definition) is 1. The minimum Gasteiger partial charge on any atom is -0.381 e. The molecule has 0 radical (unpaired) electrons. The highest BCUT2D eigenvalue weighted by Crippen LogP contribution is 2.36. The van der Waals surface area contributed by atoms with E-state index in [2.05, 4.69) is 58.4 Å². The zero-order valence-electron chi connectivity index (χ0n) is 21.2. The van der Waals surface area contributed by atoms with E-state index in [4.69, 9.17) is 14.7 Å². The highest BCUT2D eigenvalue weighted by molar-refractivity contribution is 7.98. The van der Waals surface area contributed by atoms with Gasteiger partial charge in [0.2, 0.25) is 5.95 Å². The lowest BCUT2D eigenvalue weighted by Gasteiger charge is -2.41. The molecule has 0 spiro atoms. The van der Waals surface area contributed by atoms with Crippen LogP contribution in [-0.2, 0) is 4.74 Å². The van der Waals surface area contributed by atoms with Crippen LogP contribution in [0.3, 0.4) is 0 Å². The van der Waals surface area contributed by atoms with Crippen LogP contribution in [0.15, 0.2) is 36.7 Å². The normalized spacial score (nSPS) is 17.3. The van der Waals surface area contributed by atoms with Crippen LogP contribution in [0.1, 0.15) is 38.2 Å². The minimum atomic E-state index is 0.353. The third kappa shape index (κ3) is 5.19. The molecule has 0 amide bonds. The third-order valence-corrected chi connectivity index (χ3v) is 7.99. The fourth-order valence-corrected chi connectivity index (χ4v) is 5.84. The molecule has 8 heteroatoms. The number of nitrogens with one attached hydrogen (secondary N) is 1. The molecule has 0 atom stereocenters. The van der Waals surface area contributed by atoms with E-state index >= 15 is 0 Å². The molecule has 2 aliphatic rings. The summed E-state index contributed by atoms with van der Waals surface area (Å²) < 4.78 is 5.51. The van der Waals surface area contributed by atoms with Crippen molar-refractivity contribution in [2.24, 2.45) is 5.92 Å². The summed E-state index contributed by atoms with van der Waals surface area (Å²) >= 11 is 1.93. The molecular formula is C27H36N6OS. The number of piperidine rings is 1. The van der Waals surface area contributed by atoms with Crippen LogP contribution in [0.25, 0.3) is 10.9 Å². The molecule has 186 valence electrons. The summed E-state index contributed by atoms with van der Waals surface area (Å²) in [5, 5.41) is 4.57. The molecule has 5 rings (SSSR count). The largest absolute Gasteiger partial charge is 0.381 e. The summed E-state index contributed by atoms with van der Waals surface area (Å²) in [4.78, 5) is 19.1. The SMILES string of the molecule is COC1CCN(c2cc(Nc3ncc4c(N5CC(CSC)C5)ccc(C(C)C)c4n3)ccn2)CC1. The zero-order valence-corrected chi connectivity index (χ0v) is 22.0. The van der Waals surface area contributed by atoms with Crippen molar-refractivity contribution in [3.05, 3.63) is 42.2 Å². The smallest absolute Gasteiger partial charge is 0.227 e. The Labute approximate surface area is 212 Å². The second-order valence-electron chi connectivity index (χ2n) is 9.96. The second kappa shape index (κ2) is 10.6.